The van der Waals surface area contributed by atoms with Crippen LogP contribution in [0.4, 0.5) is 5.69 Å². The molecule has 2 rings (SSSR count). The number of rotatable bonds is 5. The van der Waals surface area contributed by atoms with Crippen LogP contribution in [-0.2, 0) is 0 Å². The summed E-state index contributed by atoms with van der Waals surface area (Å²) in [5.41, 5.74) is 0.537. The number of ether oxygens (including phenoxy) is 1. The highest BCUT2D eigenvalue weighted by Crippen LogP contribution is 2.35. The SMILES string of the molecule is CNCCOc1c([N+](=O)[O-])cnc2ccc(Br)cc12. The van der Waals surface area contributed by atoms with Gasteiger partial charge in [-0.15, -0.1) is 0 Å². The highest BCUT2D eigenvalue weighted by molar-refractivity contribution is 9.10. The summed E-state index contributed by atoms with van der Waals surface area (Å²) in [4.78, 5) is 14.6. The molecule has 0 radical (unpaired) electrons. The van der Waals surface area contributed by atoms with Gasteiger partial charge in [-0.3, -0.25) is 10.1 Å². The van der Waals surface area contributed by atoms with Gasteiger partial charge in [0, 0.05) is 11.0 Å². The number of fused-ring (bicyclic) bond motifs is 1. The van der Waals surface area contributed by atoms with Gasteiger partial charge in [-0.05, 0) is 25.2 Å². The summed E-state index contributed by atoms with van der Waals surface area (Å²) in [7, 11) is 1.79. The summed E-state index contributed by atoms with van der Waals surface area (Å²) in [6, 6.07) is 5.39. The van der Waals surface area contributed by atoms with Crippen LogP contribution in [0.2, 0.25) is 0 Å². The second-order valence-corrected chi connectivity index (χ2v) is 4.76. The number of likely N-dealkylation sites (N-methyl/N-ethyl adjacent to an activating group) is 1. The third-order valence-corrected chi connectivity index (χ3v) is 3.05. The van der Waals surface area contributed by atoms with Gasteiger partial charge in [-0.2, -0.15) is 0 Å². The lowest BCUT2D eigenvalue weighted by Crippen LogP contribution is -2.16. The van der Waals surface area contributed by atoms with Crippen LogP contribution >= 0.6 is 15.9 Å². The van der Waals surface area contributed by atoms with Gasteiger partial charge >= 0.3 is 5.69 Å². The first-order valence-corrected chi connectivity index (χ1v) is 6.43. The van der Waals surface area contributed by atoms with E-state index >= 15 is 0 Å². The zero-order valence-electron chi connectivity index (χ0n) is 10.2. The van der Waals surface area contributed by atoms with Gasteiger partial charge in [-0.1, -0.05) is 15.9 Å². The van der Waals surface area contributed by atoms with E-state index in [1.54, 1.807) is 19.2 Å². The molecular weight excluding hydrogens is 314 g/mol. The van der Waals surface area contributed by atoms with Crippen molar-refractivity contribution in [3.05, 3.63) is 39.0 Å². The van der Waals surface area contributed by atoms with E-state index in [1.165, 1.54) is 6.20 Å². The van der Waals surface area contributed by atoms with Gasteiger partial charge < -0.3 is 10.1 Å². The summed E-state index contributed by atoms with van der Waals surface area (Å²) < 4.78 is 6.36. The second kappa shape index (κ2) is 5.94. The molecule has 0 aliphatic carbocycles. The average molecular weight is 326 g/mol. The molecule has 0 amide bonds. The molecule has 0 saturated heterocycles. The summed E-state index contributed by atoms with van der Waals surface area (Å²) in [5, 5.41) is 14.6. The van der Waals surface area contributed by atoms with Crippen molar-refractivity contribution in [3.8, 4) is 5.75 Å². The maximum absolute atomic E-state index is 11.0. The molecule has 0 unspecified atom stereocenters. The molecule has 0 fully saturated rings. The fraction of sp³-hybridized carbons (Fsp3) is 0.250. The molecule has 7 heteroatoms. The molecule has 0 bridgehead atoms. The molecule has 0 spiro atoms. The van der Waals surface area contributed by atoms with E-state index in [1.807, 2.05) is 6.07 Å². The van der Waals surface area contributed by atoms with E-state index in [4.69, 9.17) is 4.74 Å². The van der Waals surface area contributed by atoms with Gasteiger partial charge in [0.2, 0.25) is 5.75 Å². The van der Waals surface area contributed by atoms with Crippen LogP contribution in [0.5, 0.6) is 5.75 Å². The minimum Gasteiger partial charge on any atom is -0.485 e. The predicted octanol–water partition coefficient (Wildman–Crippen LogP) is 2.50. The third-order valence-electron chi connectivity index (χ3n) is 2.56. The van der Waals surface area contributed by atoms with Gasteiger partial charge in [0.05, 0.1) is 15.8 Å². The molecule has 100 valence electrons. The number of nitro groups is 1. The standard InChI is InChI=1S/C12H12BrN3O3/c1-14-4-5-19-12-9-6-8(13)2-3-10(9)15-7-11(12)16(17)18/h2-3,6-7,14H,4-5H2,1H3. The Bertz CT molecular complexity index is 618. The number of hydrogen-bond donors (Lipinski definition) is 1. The van der Waals surface area contributed by atoms with Crippen LogP contribution in [0.3, 0.4) is 0 Å². The average Bonchev–Trinajstić information content (AvgIpc) is 2.38. The molecule has 1 heterocycles. The quantitative estimate of drug-likeness (QED) is 0.519. The van der Waals surface area contributed by atoms with Crippen LogP contribution in [0.1, 0.15) is 0 Å². The zero-order valence-corrected chi connectivity index (χ0v) is 11.8. The normalized spacial score (nSPS) is 10.6. The van der Waals surface area contributed by atoms with E-state index < -0.39 is 4.92 Å². The molecule has 0 atom stereocenters. The largest absolute Gasteiger partial charge is 0.485 e. The van der Waals surface area contributed by atoms with Crippen molar-refractivity contribution in [1.82, 2.24) is 10.3 Å². The summed E-state index contributed by atoms with van der Waals surface area (Å²) >= 11 is 3.34. The molecule has 19 heavy (non-hydrogen) atoms. The predicted molar refractivity (Wildman–Crippen MR) is 75.5 cm³/mol. The van der Waals surface area contributed by atoms with Crippen molar-refractivity contribution in [2.45, 2.75) is 0 Å². The Morgan fingerprint density at radius 2 is 2.32 bits per heavy atom. The summed E-state index contributed by atoms with van der Waals surface area (Å²) in [6.45, 7) is 0.956. The van der Waals surface area contributed by atoms with Gasteiger partial charge in [-0.25, -0.2) is 4.98 Å². The second-order valence-electron chi connectivity index (χ2n) is 3.84. The van der Waals surface area contributed by atoms with E-state index in [2.05, 4.69) is 26.2 Å². The van der Waals surface area contributed by atoms with E-state index in [0.29, 0.717) is 24.1 Å². The molecular formula is C12H12BrN3O3. The van der Waals surface area contributed by atoms with Crippen LogP contribution < -0.4 is 10.1 Å². The van der Waals surface area contributed by atoms with Gasteiger partial charge in [0.15, 0.2) is 0 Å². The molecule has 0 aliphatic rings. The Labute approximate surface area is 118 Å². The Hall–Kier alpha value is -1.73. The molecule has 2 aromatic rings. The number of nitrogens with zero attached hydrogens (tertiary/aromatic N) is 2. The first-order valence-electron chi connectivity index (χ1n) is 5.63. The topological polar surface area (TPSA) is 77.3 Å². The molecule has 0 aliphatic heterocycles. The number of hydrogen-bond acceptors (Lipinski definition) is 5. The maximum atomic E-state index is 11.0. The van der Waals surface area contributed by atoms with Crippen LogP contribution in [0, 0.1) is 10.1 Å². The summed E-state index contributed by atoms with van der Waals surface area (Å²) in [5.74, 6) is 0.256. The first-order chi connectivity index (χ1) is 9.13. The fourth-order valence-corrected chi connectivity index (χ4v) is 2.03. The third kappa shape index (κ3) is 2.99. The smallest absolute Gasteiger partial charge is 0.329 e. The lowest BCUT2D eigenvalue weighted by atomic mass is 10.2. The Kier molecular flexibility index (Phi) is 4.28. The highest BCUT2D eigenvalue weighted by atomic mass is 79.9. The molecule has 6 nitrogen and oxygen atoms in total. The van der Waals surface area contributed by atoms with Crippen molar-refractivity contribution >= 4 is 32.5 Å². The van der Waals surface area contributed by atoms with Gasteiger partial charge in [0.25, 0.3) is 0 Å². The van der Waals surface area contributed by atoms with Crippen molar-refractivity contribution < 1.29 is 9.66 Å². The minimum atomic E-state index is -0.484. The van der Waals surface area contributed by atoms with Crippen molar-refractivity contribution in [3.63, 3.8) is 0 Å². The van der Waals surface area contributed by atoms with E-state index in [9.17, 15) is 10.1 Å². The fourth-order valence-electron chi connectivity index (χ4n) is 1.67. The number of nitrogens with one attached hydrogen (secondary N) is 1. The minimum absolute atomic E-state index is 0.123. The highest BCUT2D eigenvalue weighted by Gasteiger charge is 2.19. The van der Waals surface area contributed by atoms with E-state index in [-0.39, 0.29) is 11.4 Å². The molecule has 1 aromatic carbocycles. The lowest BCUT2D eigenvalue weighted by Gasteiger charge is -2.09. The first kappa shape index (κ1) is 13.7. The molecule has 0 saturated carbocycles. The monoisotopic (exact) mass is 325 g/mol. The Morgan fingerprint density at radius 1 is 1.53 bits per heavy atom. The van der Waals surface area contributed by atoms with Gasteiger partial charge in [0.1, 0.15) is 12.8 Å². The zero-order chi connectivity index (χ0) is 13.8. The maximum Gasteiger partial charge on any atom is 0.329 e. The lowest BCUT2D eigenvalue weighted by molar-refractivity contribution is -0.386. The van der Waals surface area contributed by atoms with Crippen molar-refractivity contribution in [2.24, 2.45) is 0 Å². The van der Waals surface area contributed by atoms with Crippen LogP contribution in [0.15, 0.2) is 28.9 Å². The number of benzene rings is 1. The summed E-state index contributed by atoms with van der Waals surface area (Å²) in [6.07, 6.45) is 1.23. The number of halogens is 1. The van der Waals surface area contributed by atoms with E-state index in [0.717, 1.165) is 4.47 Å². The van der Waals surface area contributed by atoms with Crippen LogP contribution in [-0.4, -0.2) is 30.1 Å². The number of aromatic nitrogens is 1. The van der Waals surface area contributed by atoms with Crippen LogP contribution in [0.25, 0.3) is 10.9 Å². The Morgan fingerprint density at radius 3 is 3.00 bits per heavy atom. The van der Waals surface area contributed by atoms with Crippen molar-refractivity contribution in [2.75, 3.05) is 20.2 Å². The van der Waals surface area contributed by atoms with Crippen molar-refractivity contribution in [1.29, 1.82) is 0 Å². The molecule has 1 N–H and O–H groups in total. The Balaban J connectivity index is 2.54. The molecule has 1 aromatic heterocycles. The number of pyridine rings is 1.